The van der Waals surface area contributed by atoms with Gasteiger partial charge in [-0.15, -0.1) is 0 Å². The van der Waals surface area contributed by atoms with Crippen molar-refractivity contribution in [3.05, 3.63) is 29.6 Å². The summed E-state index contributed by atoms with van der Waals surface area (Å²) in [6, 6.07) is 6.20. The van der Waals surface area contributed by atoms with E-state index in [9.17, 15) is 0 Å². The van der Waals surface area contributed by atoms with E-state index in [1.165, 1.54) is 0 Å². The molecule has 0 aliphatic carbocycles. The average Bonchev–Trinajstić information content (AvgIpc) is 2.47. The van der Waals surface area contributed by atoms with E-state index in [1.807, 2.05) is 0 Å². The highest BCUT2D eigenvalue weighted by atomic mass is 16.5. The average molecular weight is 277 g/mol. The lowest BCUT2D eigenvalue weighted by molar-refractivity contribution is 0.000695. The Hall–Kier alpha value is -0.970. The van der Waals surface area contributed by atoms with Crippen molar-refractivity contribution < 1.29 is 4.74 Å². The molecule has 4 heteroatoms. The zero-order valence-electron chi connectivity index (χ0n) is 12.8. The first kappa shape index (κ1) is 15.4. The molecule has 112 valence electrons. The lowest BCUT2D eigenvalue weighted by Gasteiger charge is -2.28. The van der Waals surface area contributed by atoms with Gasteiger partial charge in [0, 0.05) is 19.6 Å². The molecule has 0 bridgehead atoms. The fraction of sp³-hybridized carbons (Fsp3) is 0.688. The van der Waals surface area contributed by atoms with Crippen molar-refractivity contribution in [3.8, 4) is 0 Å². The van der Waals surface area contributed by atoms with Gasteiger partial charge >= 0.3 is 0 Å². The van der Waals surface area contributed by atoms with E-state index >= 15 is 0 Å². The van der Waals surface area contributed by atoms with Crippen molar-refractivity contribution in [1.29, 1.82) is 0 Å². The van der Waals surface area contributed by atoms with Gasteiger partial charge < -0.3 is 15.0 Å². The summed E-state index contributed by atoms with van der Waals surface area (Å²) in [6.45, 7) is 6.97. The van der Waals surface area contributed by atoms with Crippen LogP contribution in [0.3, 0.4) is 0 Å². The summed E-state index contributed by atoms with van der Waals surface area (Å²) in [5.41, 5.74) is 2.14. The Bertz CT molecular complexity index is 389. The highest BCUT2D eigenvalue weighted by Gasteiger charge is 2.17. The number of hydrogen-bond acceptors (Lipinski definition) is 4. The molecule has 20 heavy (non-hydrogen) atoms. The van der Waals surface area contributed by atoms with Gasteiger partial charge in [-0.1, -0.05) is 13.0 Å². The second-order valence-electron chi connectivity index (χ2n) is 5.61. The lowest BCUT2D eigenvalue weighted by atomic mass is 10.1. The van der Waals surface area contributed by atoms with Gasteiger partial charge in [0.15, 0.2) is 0 Å². The van der Waals surface area contributed by atoms with Crippen LogP contribution < -0.4 is 5.32 Å². The topological polar surface area (TPSA) is 37.4 Å². The van der Waals surface area contributed by atoms with Gasteiger partial charge in [0.2, 0.25) is 0 Å². The Morgan fingerprint density at radius 3 is 2.80 bits per heavy atom. The van der Waals surface area contributed by atoms with E-state index in [1.54, 1.807) is 0 Å². The van der Waals surface area contributed by atoms with Crippen LogP contribution in [0.25, 0.3) is 0 Å². The predicted octanol–water partition coefficient (Wildman–Crippen LogP) is 2.19. The Kier molecular flexibility index (Phi) is 6.43. The molecule has 1 N–H and O–H groups in total. The molecule has 0 saturated carbocycles. The molecule has 1 aliphatic heterocycles. The number of likely N-dealkylation sites (tertiary alicyclic amines) is 1. The third kappa shape index (κ3) is 5.19. The molecule has 1 aromatic rings. The third-order valence-electron chi connectivity index (χ3n) is 3.73. The van der Waals surface area contributed by atoms with Crippen LogP contribution in [0.1, 0.15) is 37.6 Å². The number of pyridine rings is 1. The van der Waals surface area contributed by atoms with Crippen molar-refractivity contribution in [3.63, 3.8) is 0 Å². The molecule has 0 atom stereocenters. The highest BCUT2D eigenvalue weighted by molar-refractivity contribution is 5.10. The molecule has 1 saturated heterocycles. The second-order valence-corrected chi connectivity index (χ2v) is 5.61. The van der Waals surface area contributed by atoms with E-state index in [0.717, 1.165) is 56.8 Å². The second kappa shape index (κ2) is 8.35. The molecule has 0 radical (unpaired) electrons. The molecule has 2 heterocycles. The maximum atomic E-state index is 5.99. The Balaban J connectivity index is 1.76. The molecule has 0 spiro atoms. The number of ether oxygens (including phenoxy) is 1. The quantitative estimate of drug-likeness (QED) is 0.775. The fourth-order valence-corrected chi connectivity index (χ4v) is 2.46. The Labute approximate surface area is 122 Å². The van der Waals surface area contributed by atoms with Crippen LogP contribution in [0.4, 0.5) is 0 Å². The standard InChI is InChI=1S/C16H27N3O/c1-3-9-17-12-14-5-4-6-15(18-14)13-20-16-7-10-19(2)11-8-16/h4-6,16-17H,3,7-13H2,1-2H3. The summed E-state index contributed by atoms with van der Waals surface area (Å²) in [6.07, 6.45) is 3.82. The van der Waals surface area contributed by atoms with Crippen molar-refractivity contribution >= 4 is 0 Å². The molecule has 1 aliphatic rings. The summed E-state index contributed by atoms with van der Waals surface area (Å²) < 4.78 is 5.99. The molecule has 0 unspecified atom stereocenters. The zero-order valence-corrected chi connectivity index (χ0v) is 12.8. The van der Waals surface area contributed by atoms with Crippen LogP contribution in [0.15, 0.2) is 18.2 Å². The molecule has 4 nitrogen and oxygen atoms in total. The number of nitrogens with zero attached hydrogens (tertiary/aromatic N) is 2. The predicted molar refractivity (Wildman–Crippen MR) is 81.5 cm³/mol. The summed E-state index contributed by atoms with van der Waals surface area (Å²) >= 11 is 0. The van der Waals surface area contributed by atoms with Gasteiger partial charge in [0.05, 0.1) is 24.1 Å². The highest BCUT2D eigenvalue weighted by Crippen LogP contribution is 2.14. The molecule has 0 amide bonds. The van der Waals surface area contributed by atoms with Crippen LogP contribution in [0.5, 0.6) is 0 Å². The maximum absolute atomic E-state index is 5.99. The number of rotatable bonds is 7. The number of aromatic nitrogens is 1. The molecule has 2 rings (SSSR count). The minimum absolute atomic E-state index is 0.398. The maximum Gasteiger partial charge on any atom is 0.0891 e. The van der Waals surface area contributed by atoms with Gasteiger partial charge in [0.25, 0.3) is 0 Å². The summed E-state index contributed by atoms with van der Waals surface area (Å²) in [7, 11) is 2.17. The van der Waals surface area contributed by atoms with Crippen LogP contribution >= 0.6 is 0 Å². The summed E-state index contributed by atoms with van der Waals surface area (Å²) in [4.78, 5) is 7.01. The largest absolute Gasteiger partial charge is 0.372 e. The Morgan fingerprint density at radius 2 is 2.05 bits per heavy atom. The first-order chi connectivity index (χ1) is 9.78. The zero-order chi connectivity index (χ0) is 14.2. The van der Waals surface area contributed by atoms with Crippen molar-refractivity contribution in [2.45, 2.75) is 45.4 Å². The fourth-order valence-electron chi connectivity index (χ4n) is 2.46. The van der Waals surface area contributed by atoms with Gasteiger partial charge in [0.1, 0.15) is 0 Å². The number of nitrogens with one attached hydrogen (secondary N) is 1. The summed E-state index contributed by atoms with van der Waals surface area (Å²) in [5, 5.41) is 3.38. The molecule has 0 aromatic carbocycles. The molecular weight excluding hydrogens is 250 g/mol. The van der Waals surface area contributed by atoms with E-state index in [2.05, 4.69) is 47.4 Å². The minimum Gasteiger partial charge on any atom is -0.372 e. The molecule has 1 aromatic heterocycles. The van der Waals surface area contributed by atoms with Gasteiger partial charge in [-0.2, -0.15) is 0 Å². The van der Waals surface area contributed by atoms with E-state index in [4.69, 9.17) is 4.74 Å². The van der Waals surface area contributed by atoms with Crippen molar-refractivity contribution in [1.82, 2.24) is 15.2 Å². The molecular formula is C16H27N3O. The third-order valence-corrected chi connectivity index (χ3v) is 3.73. The lowest BCUT2D eigenvalue weighted by Crippen LogP contribution is -2.34. The first-order valence-electron chi connectivity index (χ1n) is 7.73. The Morgan fingerprint density at radius 1 is 1.30 bits per heavy atom. The van der Waals surface area contributed by atoms with E-state index < -0.39 is 0 Å². The summed E-state index contributed by atoms with van der Waals surface area (Å²) in [5.74, 6) is 0. The number of hydrogen-bond donors (Lipinski definition) is 1. The monoisotopic (exact) mass is 277 g/mol. The van der Waals surface area contributed by atoms with Gasteiger partial charge in [-0.3, -0.25) is 4.98 Å². The van der Waals surface area contributed by atoms with Crippen LogP contribution in [0.2, 0.25) is 0 Å². The van der Waals surface area contributed by atoms with E-state index in [0.29, 0.717) is 12.7 Å². The first-order valence-corrected chi connectivity index (χ1v) is 7.73. The minimum atomic E-state index is 0.398. The molecule has 1 fully saturated rings. The number of piperidine rings is 1. The smallest absolute Gasteiger partial charge is 0.0891 e. The van der Waals surface area contributed by atoms with E-state index in [-0.39, 0.29) is 0 Å². The van der Waals surface area contributed by atoms with Crippen LogP contribution in [-0.4, -0.2) is 42.7 Å². The SMILES string of the molecule is CCCNCc1cccc(COC2CCN(C)CC2)n1. The van der Waals surface area contributed by atoms with Crippen LogP contribution in [0, 0.1) is 0 Å². The van der Waals surface area contributed by atoms with Crippen molar-refractivity contribution in [2.24, 2.45) is 0 Å². The normalized spacial score (nSPS) is 17.5. The van der Waals surface area contributed by atoms with Crippen LogP contribution in [-0.2, 0) is 17.9 Å². The van der Waals surface area contributed by atoms with Gasteiger partial charge in [-0.05, 0) is 45.0 Å². The van der Waals surface area contributed by atoms with Crippen molar-refractivity contribution in [2.75, 3.05) is 26.7 Å². The van der Waals surface area contributed by atoms with Gasteiger partial charge in [-0.25, -0.2) is 0 Å².